The summed E-state index contributed by atoms with van der Waals surface area (Å²) in [4.78, 5) is 40.3. The summed E-state index contributed by atoms with van der Waals surface area (Å²) in [6.07, 6.45) is 7.59. The first-order chi connectivity index (χ1) is 13.7. The molecule has 2 aromatic heterocycles. The largest absolute Gasteiger partial charge is 0.350 e. The Morgan fingerprint density at radius 3 is 2.75 bits per heavy atom. The Bertz CT molecular complexity index is 1020. The smallest absolute Gasteiger partial charge is 0.271 e. The van der Waals surface area contributed by atoms with Gasteiger partial charge in [-0.2, -0.15) is 0 Å². The highest BCUT2D eigenvalue weighted by atomic mass is 16.2. The Balaban J connectivity index is 1.44. The van der Waals surface area contributed by atoms with Gasteiger partial charge in [-0.05, 0) is 31.6 Å². The van der Waals surface area contributed by atoms with Gasteiger partial charge < -0.3 is 10.3 Å². The number of carbonyl (C=O) groups is 1. The molecule has 0 aliphatic heterocycles. The Labute approximate surface area is 162 Å². The maximum absolute atomic E-state index is 12.6. The molecular formula is C21H21N5O2. The van der Waals surface area contributed by atoms with E-state index in [0.717, 1.165) is 36.1 Å². The molecule has 2 N–H and O–H groups in total. The number of aromatic amines is 1. The fourth-order valence-corrected chi connectivity index (χ4v) is 3.52. The lowest BCUT2D eigenvalue weighted by Crippen LogP contribution is -2.30. The summed E-state index contributed by atoms with van der Waals surface area (Å²) < 4.78 is 0. The van der Waals surface area contributed by atoms with Crippen LogP contribution < -0.4 is 10.9 Å². The predicted octanol–water partition coefficient (Wildman–Crippen LogP) is 2.15. The van der Waals surface area contributed by atoms with Crippen LogP contribution in [0.3, 0.4) is 0 Å². The molecule has 1 aliphatic carbocycles. The third kappa shape index (κ3) is 3.98. The van der Waals surface area contributed by atoms with Crippen molar-refractivity contribution in [2.75, 3.05) is 6.54 Å². The van der Waals surface area contributed by atoms with E-state index in [9.17, 15) is 9.59 Å². The first kappa shape index (κ1) is 18.0. The maximum atomic E-state index is 12.6. The minimum absolute atomic E-state index is 0.0619. The number of benzene rings is 1. The molecule has 7 nitrogen and oxygen atoms in total. The van der Waals surface area contributed by atoms with E-state index in [-0.39, 0.29) is 17.4 Å². The van der Waals surface area contributed by atoms with Crippen molar-refractivity contribution in [1.29, 1.82) is 0 Å². The maximum Gasteiger partial charge on any atom is 0.271 e. The Kier molecular flexibility index (Phi) is 5.23. The SMILES string of the molecule is O=C(NCC1CCc2nc(-c3ccccc3)[nH]c(=O)c2CC1)c1cnccn1. The van der Waals surface area contributed by atoms with Crippen LogP contribution in [0.4, 0.5) is 0 Å². The fourth-order valence-electron chi connectivity index (χ4n) is 3.52. The van der Waals surface area contributed by atoms with E-state index in [0.29, 0.717) is 24.5 Å². The average Bonchev–Trinajstić information content (AvgIpc) is 2.96. The number of carbonyl (C=O) groups excluding carboxylic acids is 1. The molecule has 0 saturated heterocycles. The molecule has 0 saturated carbocycles. The highest BCUT2D eigenvalue weighted by Gasteiger charge is 2.21. The van der Waals surface area contributed by atoms with Gasteiger partial charge in [-0.25, -0.2) is 9.97 Å². The summed E-state index contributed by atoms with van der Waals surface area (Å²) in [6, 6.07) is 9.66. The standard InChI is InChI=1S/C21H21N5O2/c27-20-16-8-6-14(12-24-21(28)18-13-22-10-11-23-18)7-9-17(16)25-19(26-20)15-4-2-1-3-5-15/h1-5,10-11,13-14H,6-9,12H2,(H,24,28)(H,25,26,27). The molecule has 1 aromatic carbocycles. The molecule has 1 aliphatic rings. The second-order valence-corrected chi connectivity index (χ2v) is 6.95. The van der Waals surface area contributed by atoms with Crippen molar-refractivity contribution in [2.45, 2.75) is 25.7 Å². The summed E-state index contributed by atoms with van der Waals surface area (Å²) in [6.45, 7) is 0.548. The summed E-state index contributed by atoms with van der Waals surface area (Å²) in [5.74, 6) is 0.672. The van der Waals surface area contributed by atoms with Gasteiger partial charge in [-0.3, -0.25) is 14.6 Å². The van der Waals surface area contributed by atoms with E-state index in [1.807, 2.05) is 30.3 Å². The highest BCUT2D eigenvalue weighted by molar-refractivity contribution is 5.91. The second-order valence-electron chi connectivity index (χ2n) is 6.95. The van der Waals surface area contributed by atoms with Crippen molar-refractivity contribution in [2.24, 2.45) is 5.92 Å². The third-order valence-corrected chi connectivity index (χ3v) is 5.09. The van der Waals surface area contributed by atoms with Crippen LogP contribution in [0.15, 0.2) is 53.7 Å². The van der Waals surface area contributed by atoms with E-state index in [1.165, 1.54) is 18.6 Å². The third-order valence-electron chi connectivity index (χ3n) is 5.09. The molecule has 142 valence electrons. The molecule has 0 spiro atoms. The van der Waals surface area contributed by atoms with Crippen LogP contribution in [0, 0.1) is 5.92 Å². The first-order valence-electron chi connectivity index (χ1n) is 9.42. The summed E-state index contributed by atoms with van der Waals surface area (Å²) in [5.41, 5.74) is 2.78. The van der Waals surface area contributed by atoms with E-state index in [4.69, 9.17) is 4.98 Å². The topological polar surface area (TPSA) is 101 Å². The van der Waals surface area contributed by atoms with Gasteiger partial charge in [0, 0.05) is 30.1 Å². The number of nitrogens with zero attached hydrogens (tertiary/aromatic N) is 3. The van der Waals surface area contributed by atoms with E-state index >= 15 is 0 Å². The fraction of sp³-hybridized carbons (Fsp3) is 0.286. The van der Waals surface area contributed by atoms with Gasteiger partial charge in [-0.15, -0.1) is 0 Å². The van der Waals surface area contributed by atoms with Gasteiger partial charge >= 0.3 is 0 Å². The van der Waals surface area contributed by atoms with Gasteiger partial charge in [0.1, 0.15) is 11.5 Å². The van der Waals surface area contributed by atoms with Crippen LogP contribution in [-0.4, -0.2) is 32.4 Å². The number of rotatable bonds is 4. The van der Waals surface area contributed by atoms with Crippen LogP contribution in [0.2, 0.25) is 0 Å². The lowest BCUT2D eigenvalue weighted by atomic mass is 10.00. The zero-order valence-corrected chi connectivity index (χ0v) is 15.4. The summed E-state index contributed by atoms with van der Waals surface area (Å²) in [7, 11) is 0. The van der Waals surface area contributed by atoms with Crippen molar-refractivity contribution in [3.05, 3.63) is 76.2 Å². The van der Waals surface area contributed by atoms with Crippen LogP contribution in [0.1, 0.15) is 34.6 Å². The minimum Gasteiger partial charge on any atom is -0.350 e. The van der Waals surface area contributed by atoms with Crippen LogP contribution in [0.5, 0.6) is 0 Å². The molecule has 1 amide bonds. The van der Waals surface area contributed by atoms with Crippen molar-refractivity contribution in [3.63, 3.8) is 0 Å². The van der Waals surface area contributed by atoms with Gasteiger partial charge in [0.2, 0.25) is 0 Å². The molecule has 1 atom stereocenters. The summed E-state index contributed by atoms with van der Waals surface area (Å²) >= 11 is 0. The van der Waals surface area contributed by atoms with Gasteiger partial charge in [0.25, 0.3) is 11.5 Å². The van der Waals surface area contributed by atoms with Crippen molar-refractivity contribution < 1.29 is 4.79 Å². The molecule has 4 rings (SSSR count). The molecule has 7 heteroatoms. The van der Waals surface area contributed by atoms with E-state index in [2.05, 4.69) is 20.3 Å². The lowest BCUT2D eigenvalue weighted by molar-refractivity contribution is 0.0940. The molecule has 28 heavy (non-hydrogen) atoms. The molecular weight excluding hydrogens is 354 g/mol. The minimum atomic E-state index is -0.225. The Morgan fingerprint density at radius 2 is 1.96 bits per heavy atom. The number of hydrogen-bond donors (Lipinski definition) is 2. The number of aryl methyl sites for hydroxylation is 1. The predicted molar refractivity (Wildman–Crippen MR) is 105 cm³/mol. The molecule has 1 unspecified atom stereocenters. The quantitative estimate of drug-likeness (QED) is 0.681. The number of fused-ring (bicyclic) bond motifs is 1. The first-order valence-corrected chi connectivity index (χ1v) is 9.42. The van der Waals surface area contributed by atoms with Crippen LogP contribution >= 0.6 is 0 Å². The van der Waals surface area contributed by atoms with Gasteiger partial charge in [0.05, 0.1) is 11.9 Å². The van der Waals surface area contributed by atoms with Crippen LogP contribution in [0.25, 0.3) is 11.4 Å². The zero-order chi connectivity index (χ0) is 19.3. The second kappa shape index (κ2) is 8.12. The average molecular weight is 375 g/mol. The summed E-state index contributed by atoms with van der Waals surface area (Å²) in [5, 5.41) is 2.93. The molecule has 2 heterocycles. The van der Waals surface area contributed by atoms with Gasteiger partial charge in [0.15, 0.2) is 0 Å². The zero-order valence-electron chi connectivity index (χ0n) is 15.4. The number of hydrogen-bond acceptors (Lipinski definition) is 5. The van der Waals surface area contributed by atoms with Crippen molar-refractivity contribution in [3.8, 4) is 11.4 Å². The van der Waals surface area contributed by atoms with Crippen molar-refractivity contribution in [1.82, 2.24) is 25.3 Å². The molecule has 3 aromatic rings. The van der Waals surface area contributed by atoms with Gasteiger partial charge in [-0.1, -0.05) is 30.3 Å². The number of amides is 1. The lowest BCUT2D eigenvalue weighted by Gasteiger charge is -2.14. The van der Waals surface area contributed by atoms with Crippen LogP contribution in [-0.2, 0) is 12.8 Å². The number of nitrogens with one attached hydrogen (secondary N) is 2. The molecule has 0 bridgehead atoms. The monoisotopic (exact) mass is 375 g/mol. The Hall–Kier alpha value is -3.35. The van der Waals surface area contributed by atoms with E-state index < -0.39 is 0 Å². The Morgan fingerprint density at radius 1 is 1.14 bits per heavy atom. The normalized spacial score (nSPS) is 16.1. The highest BCUT2D eigenvalue weighted by Crippen LogP contribution is 2.23. The number of H-pyrrole nitrogens is 1. The number of aromatic nitrogens is 4. The van der Waals surface area contributed by atoms with Crippen molar-refractivity contribution >= 4 is 5.91 Å². The molecule has 0 radical (unpaired) electrons. The van der Waals surface area contributed by atoms with E-state index in [1.54, 1.807) is 0 Å². The molecule has 0 fully saturated rings.